The lowest BCUT2D eigenvalue weighted by Gasteiger charge is -2.25. The standard InChI is InChI=1S/C16H23N3O2/c20-15(16-5-2-11-21-16)12-14-4-1-8-19(14)9-3-7-18-10-6-17-13-18/h2,5-6,10-11,13-15,20H,1,3-4,7-9,12H2. The van der Waals surface area contributed by atoms with Gasteiger partial charge in [0.1, 0.15) is 11.9 Å². The van der Waals surface area contributed by atoms with E-state index >= 15 is 0 Å². The summed E-state index contributed by atoms with van der Waals surface area (Å²) < 4.78 is 7.41. The summed E-state index contributed by atoms with van der Waals surface area (Å²) in [5.41, 5.74) is 0. The predicted molar refractivity (Wildman–Crippen MR) is 79.7 cm³/mol. The minimum atomic E-state index is -0.487. The molecule has 3 rings (SSSR count). The van der Waals surface area contributed by atoms with Crippen LogP contribution in [0.25, 0.3) is 0 Å². The molecule has 2 aromatic rings. The molecule has 1 fully saturated rings. The van der Waals surface area contributed by atoms with Crippen LogP contribution in [0, 0.1) is 0 Å². The van der Waals surface area contributed by atoms with E-state index in [1.807, 2.05) is 30.9 Å². The Morgan fingerprint density at radius 2 is 2.38 bits per heavy atom. The zero-order valence-corrected chi connectivity index (χ0v) is 12.3. The van der Waals surface area contributed by atoms with Crippen molar-refractivity contribution < 1.29 is 9.52 Å². The van der Waals surface area contributed by atoms with Gasteiger partial charge in [-0.1, -0.05) is 0 Å². The van der Waals surface area contributed by atoms with Crippen LogP contribution in [0.15, 0.2) is 41.5 Å². The molecule has 3 heterocycles. The molecule has 2 aromatic heterocycles. The summed E-state index contributed by atoms with van der Waals surface area (Å²) in [7, 11) is 0. The van der Waals surface area contributed by atoms with E-state index in [4.69, 9.17) is 4.42 Å². The first kappa shape index (κ1) is 14.4. The van der Waals surface area contributed by atoms with Crippen LogP contribution in [-0.2, 0) is 6.54 Å². The number of hydrogen-bond donors (Lipinski definition) is 1. The fourth-order valence-corrected chi connectivity index (χ4v) is 3.19. The molecule has 0 radical (unpaired) electrons. The molecule has 0 bridgehead atoms. The van der Waals surface area contributed by atoms with Crippen LogP contribution in [0.5, 0.6) is 0 Å². The predicted octanol–water partition coefficient (Wildman–Crippen LogP) is 2.45. The van der Waals surface area contributed by atoms with Gasteiger partial charge in [-0.15, -0.1) is 0 Å². The minimum absolute atomic E-state index is 0.466. The highest BCUT2D eigenvalue weighted by atomic mass is 16.4. The van der Waals surface area contributed by atoms with Crippen LogP contribution in [0.1, 0.15) is 37.5 Å². The largest absolute Gasteiger partial charge is 0.467 e. The SMILES string of the molecule is OC(CC1CCCN1CCCn1ccnc1)c1ccco1. The van der Waals surface area contributed by atoms with Crippen molar-refractivity contribution in [2.45, 2.75) is 44.4 Å². The van der Waals surface area contributed by atoms with Crippen molar-refractivity contribution in [2.24, 2.45) is 0 Å². The molecule has 0 spiro atoms. The molecule has 0 aliphatic carbocycles. The van der Waals surface area contributed by atoms with E-state index in [2.05, 4.69) is 14.5 Å². The summed E-state index contributed by atoms with van der Waals surface area (Å²) >= 11 is 0. The molecule has 2 unspecified atom stereocenters. The zero-order chi connectivity index (χ0) is 14.5. The number of imidazole rings is 1. The van der Waals surface area contributed by atoms with Crippen LogP contribution in [0.2, 0.25) is 0 Å². The summed E-state index contributed by atoms with van der Waals surface area (Å²) in [6.45, 7) is 3.22. The van der Waals surface area contributed by atoms with Gasteiger partial charge in [-0.2, -0.15) is 0 Å². The highest BCUT2D eigenvalue weighted by Crippen LogP contribution is 2.27. The second-order valence-corrected chi connectivity index (χ2v) is 5.75. The van der Waals surface area contributed by atoms with E-state index in [9.17, 15) is 5.11 Å². The summed E-state index contributed by atoms with van der Waals surface area (Å²) in [6.07, 6.45) is 11.1. The van der Waals surface area contributed by atoms with Gasteiger partial charge in [0.15, 0.2) is 0 Å². The van der Waals surface area contributed by atoms with E-state index in [1.165, 1.54) is 12.8 Å². The Bertz CT molecular complexity index is 510. The molecule has 0 saturated carbocycles. The second kappa shape index (κ2) is 6.91. The number of rotatable bonds is 7. The monoisotopic (exact) mass is 289 g/mol. The first-order valence-electron chi connectivity index (χ1n) is 7.74. The molecule has 2 atom stereocenters. The Labute approximate surface area is 125 Å². The first-order chi connectivity index (χ1) is 10.3. The molecule has 21 heavy (non-hydrogen) atoms. The molecule has 1 aliphatic heterocycles. The average Bonchev–Trinajstić information content (AvgIpc) is 3.21. The Morgan fingerprint density at radius 3 is 3.14 bits per heavy atom. The number of aromatic nitrogens is 2. The van der Waals surface area contributed by atoms with E-state index in [0.717, 1.165) is 32.5 Å². The maximum absolute atomic E-state index is 10.2. The Balaban J connectivity index is 1.46. The van der Waals surface area contributed by atoms with Crippen molar-refractivity contribution in [1.29, 1.82) is 0 Å². The second-order valence-electron chi connectivity index (χ2n) is 5.75. The number of aliphatic hydroxyl groups excluding tert-OH is 1. The molecule has 1 saturated heterocycles. The fraction of sp³-hybridized carbons (Fsp3) is 0.562. The van der Waals surface area contributed by atoms with E-state index in [0.29, 0.717) is 11.8 Å². The molecule has 114 valence electrons. The van der Waals surface area contributed by atoms with E-state index in [1.54, 1.807) is 6.26 Å². The Hall–Kier alpha value is -1.59. The molecular formula is C16H23N3O2. The quantitative estimate of drug-likeness (QED) is 0.850. The van der Waals surface area contributed by atoms with Crippen molar-refractivity contribution in [3.8, 4) is 0 Å². The number of furan rings is 1. The van der Waals surface area contributed by atoms with Gasteiger partial charge in [-0.3, -0.25) is 0 Å². The summed E-state index contributed by atoms with van der Waals surface area (Å²) in [5.74, 6) is 0.681. The van der Waals surface area contributed by atoms with Crippen molar-refractivity contribution in [1.82, 2.24) is 14.5 Å². The first-order valence-corrected chi connectivity index (χ1v) is 7.74. The summed E-state index contributed by atoms with van der Waals surface area (Å²) in [4.78, 5) is 6.56. The van der Waals surface area contributed by atoms with Gasteiger partial charge in [0.25, 0.3) is 0 Å². The fourth-order valence-electron chi connectivity index (χ4n) is 3.19. The van der Waals surface area contributed by atoms with Crippen molar-refractivity contribution in [2.75, 3.05) is 13.1 Å². The van der Waals surface area contributed by atoms with Crippen LogP contribution in [0.3, 0.4) is 0 Å². The van der Waals surface area contributed by atoms with Gasteiger partial charge in [0.2, 0.25) is 0 Å². The zero-order valence-electron chi connectivity index (χ0n) is 12.3. The Kier molecular flexibility index (Phi) is 4.72. The van der Waals surface area contributed by atoms with E-state index < -0.39 is 6.10 Å². The third-order valence-corrected chi connectivity index (χ3v) is 4.29. The lowest BCUT2D eigenvalue weighted by Crippen LogP contribution is -2.32. The topological polar surface area (TPSA) is 54.4 Å². The van der Waals surface area contributed by atoms with Gasteiger partial charge < -0.3 is 19.0 Å². The maximum atomic E-state index is 10.2. The lowest BCUT2D eigenvalue weighted by atomic mass is 10.1. The van der Waals surface area contributed by atoms with Crippen LogP contribution in [-0.4, -0.2) is 38.7 Å². The number of aliphatic hydroxyl groups is 1. The number of hydrogen-bond acceptors (Lipinski definition) is 4. The molecule has 1 N–H and O–H groups in total. The summed E-state index contributed by atoms with van der Waals surface area (Å²) in [6, 6.07) is 4.15. The van der Waals surface area contributed by atoms with Crippen molar-refractivity contribution in [3.63, 3.8) is 0 Å². The van der Waals surface area contributed by atoms with Gasteiger partial charge in [-0.25, -0.2) is 4.98 Å². The van der Waals surface area contributed by atoms with Crippen molar-refractivity contribution >= 4 is 0 Å². The third-order valence-electron chi connectivity index (χ3n) is 4.29. The van der Waals surface area contributed by atoms with Gasteiger partial charge in [-0.05, 0) is 44.4 Å². The van der Waals surface area contributed by atoms with Crippen molar-refractivity contribution in [3.05, 3.63) is 42.9 Å². The van der Waals surface area contributed by atoms with Crippen LogP contribution >= 0.6 is 0 Å². The molecule has 5 nitrogen and oxygen atoms in total. The Morgan fingerprint density at radius 1 is 1.43 bits per heavy atom. The third kappa shape index (κ3) is 3.74. The van der Waals surface area contributed by atoms with Gasteiger partial charge in [0, 0.05) is 31.5 Å². The minimum Gasteiger partial charge on any atom is -0.467 e. The number of aryl methyl sites for hydroxylation is 1. The highest BCUT2D eigenvalue weighted by molar-refractivity contribution is 5.02. The summed E-state index contributed by atoms with van der Waals surface area (Å²) in [5, 5.41) is 10.2. The number of likely N-dealkylation sites (tertiary alicyclic amines) is 1. The van der Waals surface area contributed by atoms with Gasteiger partial charge >= 0.3 is 0 Å². The normalized spacial score (nSPS) is 20.9. The van der Waals surface area contributed by atoms with Gasteiger partial charge in [0.05, 0.1) is 12.6 Å². The average molecular weight is 289 g/mol. The molecular weight excluding hydrogens is 266 g/mol. The molecule has 0 amide bonds. The lowest BCUT2D eigenvalue weighted by molar-refractivity contribution is 0.101. The van der Waals surface area contributed by atoms with E-state index in [-0.39, 0.29) is 0 Å². The molecule has 5 heteroatoms. The van der Waals surface area contributed by atoms with Crippen LogP contribution < -0.4 is 0 Å². The number of nitrogens with zero attached hydrogens (tertiary/aromatic N) is 3. The molecule has 1 aliphatic rings. The highest BCUT2D eigenvalue weighted by Gasteiger charge is 2.27. The molecule has 0 aromatic carbocycles. The smallest absolute Gasteiger partial charge is 0.132 e. The van der Waals surface area contributed by atoms with Crippen LogP contribution in [0.4, 0.5) is 0 Å². The maximum Gasteiger partial charge on any atom is 0.132 e.